The zero-order chi connectivity index (χ0) is 12.4. The molecule has 1 saturated carbocycles. The lowest BCUT2D eigenvalue weighted by Gasteiger charge is -2.39. The summed E-state index contributed by atoms with van der Waals surface area (Å²) in [6, 6.07) is 0.162. The van der Waals surface area contributed by atoms with E-state index in [2.05, 4.69) is 9.97 Å². The number of ether oxygens (including phenoxy) is 2. The third kappa shape index (κ3) is 2.51. The van der Waals surface area contributed by atoms with Crippen LogP contribution in [0.25, 0.3) is 0 Å². The first-order valence-corrected chi connectivity index (χ1v) is 7.12. The first-order chi connectivity index (χ1) is 8.77. The molecule has 1 aromatic heterocycles. The van der Waals surface area contributed by atoms with Crippen LogP contribution >= 0.6 is 11.8 Å². The molecule has 1 aliphatic heterocycles. The molecule has 98 valence electrons. The second-order valence-electron chi connectivity index (χ2n) is 4.71. The molecular weight excluding hydrogens is 250 g/mol. The Morgan fingerprint density at radius 2 is 2.17 bits per heavy atom. The lowest BCUT2D eigenvalue weighted by atomic mass is 9.90. The minimum Gasteiger partial charge on any atom is -0.347 e. The van der Waals surface area contributed by atoms with Crippen LogP contribution < -0.4 is 5.73 Å². The third-order valence-corrected chi connectivity index (χ3v) is 4.74. The number of thioether (sulfide) groups is 1. The van der Waals surface area contributed by atoms with Gasteiger partial charge in [0.25, 0.3) is 0 Å². The molecule has 2 aliphatic rings. The molecular formula is C12H17N3O2S. The van der Waals surface area contributed by atoms with E-state index in [9.17, 15) is 0 Å². The van der Waals surface area contributed by atoms with Gasteiger partial charge in [-0.15, -0.1) is 0 Å². The molecule has 3 rings (SSSR count). The van der Waals surface area contributed by atoms with Crippen molar-refractivity contribution in [2.24, 2.45) is 5.73 Å². The Morgan fingerprint density at radius 1 is 1.33 bits per heavy atom. The number of hydrogen-bond donors (Lipinski definition) is 1. The Balaban J connectivity index is 1.70. The van der Waals surface area contributed by atoms with E-state index in [0.29, 0.717) is 13.2 Å². The summed E-state index contributed by atoms with van der Waals surface area (Å²) in [4.78, 5) is 8.36. The minimum atomic E-state index is -0.393. The van der Waals surface area contributed by atoms with Crippen molar-refractivity contribution in [1.29, 1.82) is 0 Å². The highest BCUT2D eigenvalue weighted by Gasteiger charge is 2.44. The number of hydrogen-bond acceptors (Lipinski definition) is 6. The lowest BCUT2D eigenvalue weighted by molar-refractivity contribution is -0.176. The van der Waals surface area contributed by atoms with E-state index in [0.717, 1.165) is 24.3 Å². The smallest absolute Gasteiger partial charge is 0.169 e. The average Bonchev–Trinajstić information content (AvgIpc) is 2.84. The molecule has 1 aliphatic carbocycles. The van der Waals surface area contributed by atoms with Crippen LogP contribution in [0.4, 0.5) is 0 Å². The molecule has 18 heavy (non-hydrogen) atoms. The number of nitrogens with zero attached hydrogens (tertiary/aromatic N) is 2. The molecule has 0 bridgehead atoms. The molecule has 2 heterocycles. The Labute approximate surface area is 110 Å². The van der Waals surface area contributed by atoms with Gasteiger partial charge in [-0.3, -0.25) is 4.98 Å². The van der Waals surface area contributed by atoms with Crippen molar-refractivity contribution in [3.05, 3.63) is 18.6 Å². The highest BCUT2D eigenvalue weighted by molar-refractivity contribution is 7.99. The molecule has 2 unspecified atom stereocenters. The van der Waals surface area contributed by atoms with Gasteiger partial charge in [0.1, 0.15) is 5.03 Å². The van der Waals surface area contributed by atoms with E-state index in [4.69, 9.17) is 15.2 Å². The van der Waals surface area contributed by atoms with Crippen LogP contribution in [0, 0.1) is 0 Å². The maximum atomic E-state index is 6.20. The van der Waals surface area contributed by atoms with Crippen LogP contribution in [-0.4, -0.2) is 40.3 Å². The normalized spacial score (nSPS) is 30.7. The van der Waals surface area contributed by atoms with Crippen LogP contribution in [-0.2, 0) is 9.47 Å². The van der Waals surface area contributed by atoms with Gasteiger partial charge in [0.15, 0.2) is 5.79 Å². The van der Waals surface area contributed by atoms with Gasteiger partial charge < -0.3 is 15.2 Å². The van der Waals surface area contributed by atoms with Gasteiger partial charge in [0.05, 0.1) is 19.4 Å². The van der Waals surface area contributed by atoms with Gasteiger partial charge >= 0.3 is 0 Å². The average molecular weight is 267 g/mol. The molecule has 2 fully saturated rings. The van der Waals surface area contributed by atoms with Crippen LogP contribution in [0.5, 0.6) is 0 Å². The SMILES string of the molecule is NC1CCC2(CC1Sc1cnccn1)OCCO2. The standard InChI is InChI=1S/C12H17N3O2S/c13-9-1-2-12(16-5-6-17-12)7-10(9)18-11-8-14-3-4-15-11/h3-4,8-10H,1-2,5-7,13H2. The highest BCUT2D eigenvalue weighted by atomic mass is 32.2. The summed E-state index contributed by atoms with van der Waals surface area (Å²) in [5.74, 6) is -0.393. The molecule has 0 radical (unpaired) electrons. The predicted octanol–water partition coefficient (Wildman–Crippen LogP) is 1.19. The summed E-state index contributed by atoms with van der Waals surface area (Å²) < 4.78 is 11.5. The van der Waals surface area contributed by atoms with Crippen LogP contribution in [0.15, 0.2) is 23.6 Å². The molecule has 0 aromatic carbocycles. The number of aromatic nitrogens is 2. The van der Waals surface area contributed by atoms with Crippen LogP contribution in [0.3, 0.4) is 0 Å². The number of nitrogens with two attached hydrogens (primary N) is 1. The molecule has 2 N–H and O–H groups in total. The Hall–Kier alpha value is -0.690. The fourth-order valence-corrected chi connectivity index (χ4v) is 3.72. The van der Waals surface area contributed by atoms with Gasteiger partial charge in [0.2, 0.25) is 0 Å². The number of rotatable bonds is 2. The summed E-state index contributed by atoms with van der Waals surface area (Å²) in [6.07, 6.45) is 7.80. The summed E-state index contributed by atoms with van der Waals surface area (Å²) in [6.45, 7) is 1.38. The van der Waals surface area contributed by atoms with Crippen molar-refractivity contribution in [2.75, 3.05) is 13.2 Å². The van der Waals surface area contributed by atoms with E-state index >= 15 is 0 Å². The van der Waals surface area contributed by atoms with Crippen LogP contribution in [0.1, 0.15) is 19.3 Å². The van der Waals surface area contributed by atoms with Gasteiger partial charge in [-0.1, -0.05) is 11.8 Å². The maximum Gasteiger partial charge on any atom is 0.169 e. The fourth-order valence-electron chi connectivity index (χ4n) is 2.52. The van der Waals surface area contributed by atoms with Crippen molar-refractivity contribution in [1.82, 2.24) is 9.97 Å². The third-order valence-electron chi connectivity index (χ3n) is 3.47. The zero-order valence-electron chi connectivity index (χ0n) is 10.1. The predicted molar refractivity (Wildman–Crippen MR) is 68.1 cm³/mol. The van der Waals surface area contributed by atoms with Gasteiger partial charge in [-0.05, 0) is 6.42 Å². The lowest BCUT2D eigenvalue weighted by Crippen LogP contribution is -2.47. The van der Waals surface area contributed by atoms with E-state index < -0.39 is 5.79 Å². The zero-order valence-corrected chi connectivity index (χ0v) is 10.9. The fraction of sp³-hybridized carbons (Fsp3) is 0.667. The second-order valence-corrected chi connectivity index (χ2v) is 5.97. The molecule has 1 aromatic rings. The maximum absolute atomic E-state index is 6.20. The van der Waals surface area contributed by atoms with Crippen molar-refractivity contribution in [3.63, 3.8) is 0 Å². The van der Waals surface area contributed by atoms with E-state index in [1.807, 2.05) is 0 Å². The van der Waals surface area contributed by atoms with Crippen molar-refractivity contribution >= 4 is 11.8 Å². The van der Waals surface area contributed by atoms with E-state index in [1.54, 1.807) is 30.4 Å². The Morgan fingerprint density at radius 3 is 2.89 bits per heavy atom. The summed E-state index contributed by atoms with van der Waals surface area (Å²) in [7, 11) is 0. The van der Waals surface area contributed by atoms with Gasteiger partial charge in [-0.25, -0.2) is 4.98 Å². The van der Waals surface area contributed by atoms with Crippen molar-refractivity contribution in [3.8, 4) is 0 Å². The second kappa shape index (κ2) is 5.13. The molecule has 1 saturated heterocycles. The summed E-state index contributed by atoms with van der Waals surface area (Å²) in [5, 5.41) is 1.18. The monoisotopic (exact) mass is 267 g/mol. The summed E-state index contributed by atoms with van der Waals surface area (Å²) in [5.41, 5.74) is 6.20. The van der Waals surface area contributed by atoms with Gasteiger partial charge in [0, 0.05) is 36.5 Å². The van der Waals surface area contributed by atoms with E-state index in [1.165, 1.54) is 0 Å². The topological polar surface area (TPSA) is 70.3 Å². The molecule has 2 atom stereocenters. The largest absolute Gasteiger partial charge is 0.347 e. The summed E-state index contributed by atoms with van der Waals surface area (Å²) >= 11 is 1.67. The molecule has 5 nitrogen and oxygen atoms in total. The quantitative estimate of drug-likeness (QED) is 0.868. The molecule has 1 spiro atoms. The van der Waals surface area contributed by atoms with Crippen molar-refractivity contribution in [2.45, 2.75) is 41.4 Å². The van der Waals surface area contributed by atoms with Crippen molar-refractivity contribution < 1.29 is 9.47 Å². The van der Waals surface area contributed by atoms with Gasteiger partial charge in [-0.2, -0.15) is 0 Å². The first kappa shape index (κ1) is 12.3. The Bertz CT molecular complexity index is 398. The molecule has 0 amide bonds. The Kier molecular flexibility index (Phi) is 3.52. The van der Waals surface area contributed by atoms with E-state index in [-0.39, 0.29) is 11.3 Å². The van der Waals surface area contributed by atoms with Crippen LogP contribution in [0.2, 0.25) is 0 Å². The first-order valence-electron chi connectivity index (χ1n) is 6.24. The molecule has 6 heteroatoms. The minimum absolute atomic E-state index is 0.162. The highest BCUT2D eigenvalue weighted by Crippen LogP contribution is 2.41.